The molecule has 0 aliphatic carbocycles. The summed E-state index contributed by atoms with van der Waals surface area (Å²) in [6.45, 7) is 0. The lowest BCUT2D eigenvalue weighted by molar-refractivity contribution is -0.115. The van der Waals surface area contributed by atoms with Gasteiger partial charge in [-0.2, -0.15) is 0 Å². The summed E-state index contributed by atoms with van der Waals surface area (Å²) in [6, 6.07) is 25.7. The highest BCUT2D eigenvalue weighted by atomic mass is 32.2. The molecule has 40 heavy (non-hydrogen) atoms. The number of hydrogen-bond acceptors (Lipinski definition) is 8. The lowest BCUT2D eigenvalue weighted by Crippen LogP contribution is -2.19. The molecule has 2 heterocycles. The van der Waals surface area contributed by atoms with Crippen molar-refractivity contribution in [2.75, 3.05) is 24.9 Å². The van der Waals surface area contributed by atoms with Crippen molar-refractivity contribution >= 4 is 45.7 Å². The van der Waals surface area contributed by atoms with E-state index in [2.05, 4.69) is 15.6 Å². The summed E-state index contributed by atoms with van der Waals surface area (Å²) >= 11 is 2.72. The number of amides is 2. The summed E-state index contributed by atoms with van der Waals surface area (Å²) in [6.07, 6.45) is 1.45. The Kier molecular flexibility index (Phi) is 8.48. The molecule has 8 nitrogen and oxygen atoms in total. The predicted octanol–water partition coefficient (Wildman–Crippen LogP) is 7.14. The maximum Gasteiger partial charge on any atom is 0.291 e. The number of furan rings is 1. The summed E-state index contributed by atoms with van der Waals surface area (Å²) in [5.74, 6) is 0.882. The van der Waals surface area contributed by atoms with Gasteiger partial charge in [0, 0.05) is 21.5 Å². The smallest absolute Gasteiger partial charge is 0.291 e. The largest absolute Gasteiger partial charge is 0.493 e. The molecule has 0 aliphatic heterocycles. The predicted molar refractivity (Wildman–Crippen MR) is 157 cm³/mol. The Balaban J connectivity index is 1.34. The number of benzene rings is 3. The Labute approximate surface area is 239 Å². The van der Waals surface area contributed by atoms with Crippen molar-refractivity contribution in [2.45, 2.75) is 10.1 Å². The molecule has 0 saturated heterocycles. The molecular formula is C30H25N3O5S2. The molecule has 1 atom stereocenters. The van der Waals surface area contributed by atoms with Crippen LogP contribution < -0.4 is 20.1 Å². The molecule has 0 spiro atoms. The number of carbonyl (C=O) groups excluding carboxylic acids is 2. The lowest BCUT2D eigenvalue weighted by atomic mass is 10.1. The highest BCUT2D eigenvalue weighted by Crippen LogP contribution is 2.38. The van der Waals surface area contributed by atoms with E-state index in [1.54, 1.807) is 32.4 Å². The van der Waals surface area contributed by atoms with Gasteiger partial charge in [-0.3, -0.25) is 9.59 Å². The van der Waals surface area contributed by atoms with Gasteiger partial charge in [0.1, 0.15) is 5.25 Å². The minimum Gasteiger partial charge on any atom is -0.493 e. The van der Waals surface area contributed by atoms with Gasteiger partial charge in [0.2, 0.25) is 5.91 Å². The molecule has 10 heteroatoms. The number of thioether (sulfide) groups is 1. The van der Waals surface area contributed by atoms with Crippen LogP contribution in [0.2, 0.25) is 0 Å². The van der Waals surface area contributed by atoms with Crippen LogP contribution in [0.5, 0.6) is 11.5 Å². The second kappa shape index (κ2) is 12.5. The molecule has 0 saturated carbocycles. The van der Waals surface area contributed by atoms with Crippen LogP contribution in [0.1, 0.15) is 21.4 Å². The van der Waals surface area contributed by atoms with Crippen molar-refractivity contribution in [1.82, 2.24) is 4.98 Å². The fourth-order valence-electron chi connectivity index (χ4n) is 3.91. The first-order valence-electron chi connectivity index (χ1n) is 12.2. The molecule has 1 unspecified atom stereocenters. The van der Waals surface area contributed by atoms with E-state index in [-0.39, 0.29) is 17.6 Å². The van der Waals surface area contributed by atoms with Crippen LogP contribution >= 0.6 is 23.1 Å². The van der Waals surface area contributed by atoms with Crippen LogP contribution in [-0.4, -0.2) is 31.0 Å². The summed E-state index contributed by atoms with van der Waals surface area (Å²) in [7, 11) is 3.17. The van der Waals surface area contributed by atoms with Crippen LogP contribution in [0.15, 0.2) is 106 Å². The Hall–Kier alpha value is -4.54. The van der Waals surface area contributed by atoms with Gasteiger partial charge in [-0.1, -0.05) is 36.4 Å². The normalized spacial score (nSPS) is 11.4. The Morgan fingerprint density at radius 3 is 2.48 bits per heavy atom. The van der Waals surface area contributed by atoms with Crippen LogP contribution in [0.3, 0.4) is 0 Å². The molecule has 0 fully saturated rings. The van der Waals surface area contributed by atoms with Gasteiger partial charge < -0.3 is 24.5 Å². The van der Waals surface area contributed by atoms with Crippen molar-refractivity contribution in [3.63, 3.8) is 0 Å². The molecule has 5 rings (SSSR count). The zero-order chi connectivity index (χ0) is 27.9. The number of methoxy groups -OCH3 is 2. The maximum atomic E-state index is 13.6. The molecule has 2 N–H and O–H groups in total. The number of rotatable bonds is 10. The van der Waals surface area contributed by atoms with Crippen molar-refractivity contribution < 1.29 is 23.5 Å². The van der Waals surface area contributed by atoms with Crippen molar-refractivity contribution in [1.29, 1.82) is 0 Å². The number of aromatic nitrogens is 1. The summed E-state index contributed by atoms with van der Waals surface area (Å²) in [5, 5.41) is 7.61. The zero-order valence-electron chi connectivity index (χ0n) is 21.6. The topological polar surface area (TPSA) is 103 Å². The number of thiazole rings is 1. The lowest BCUT2D eigenvalue weighted by Gasteiger charge is -2.17. The van der Waals surface area contributed by atoms with Crippen LogP contribution in [0.25, 0.3) is 11.3 Å². The number of anilines is 2. The van der Waals surface area contributed by atoms with Crippen LogP contribution in [0.4, 0.5) is 10.8 Å². The first-order valence-corrected chi connectivity index (χ1v) is 14.0. The van der Waals surface area contributed by atoms with E-state index in [4.69, 9.17) is 13.9 Å². The average Bonchev–Trinajstić information content (AvgIpc) is 3.69. The highest BCUT2D eigenvalue weighted by Gasteiger charge is 2.24. The van der Waals surface area contributed by atoms with Gasteiger partial charge in [0.25, 0.3) is 5.91 Å². The molecule has 3 aromatic carbocycles. The van der Waals surface area contributed by atoms with Crippen molar-refractivity contribution in [3.05, 3.63) is 108 Å². The van der Waals surface area contributed by atoms with E-state index in [9.17, 15) is 9.59 Å². The second-order valence-corrected chi connectivity index (χ2v) is 10.5. The maximum absolute atomic E-state index is 13.6. The van der Waals surface area contributed by atoms with E-state index in [0.29, 0.717) is 28.0 Å². The van der Waals surface area contributed by atoms with E-state index >= 15 is 0 Å². The minimum absolute atomic E-state index is 0.213. The van der Waals surface area contributed by atoms with Gasteiger partial charge in [0.05, 0.1) is 26.2 Å². The average molecular weight is 572 g/mol. The Morgan fingerprint density at radius 2 is 1.73 bits per heavy atom. The third kappa shape index (κ3) is 6.36. The van der Waals surface area contributed by atoms with Crippen LogP contribution in [0, 0.1) is 0 Å². The number of nitrogens with one attached hydrogen (secondary N) is 2. The Morgan fingerprint density at radius 1 is 0.900 bits per heavy atom. The monoisotopic (exact) mass is 571 g/mol. The number of carbonyl (C=O) groups is 2. The summed E-state index contributed by atoms with van der Waals surface area (Å²) < 4.78 is 15.9. The quantitative estimate of drug-likeness (QED) is 0.172. The van der Waals surface area contributed by atoms with E-state index in [1.165, 1.54) is 29.4 Å². The van der Waals surface area contributed by atoms with E-state index in [1.807, 2.05) is 72.1 Å². The van der Waals surface area contributed by atoms with Crippen molar-refractivity contribution in [2.24, 2.45) is 0 Å². The van der Waals surface area contributed by atoms with Crippen LogP contribution in [-0.2, 0) is 4.79 Å². The van der Waals surface area contributed by atoms with Gasteiger partial charge in [-0.05, 0) is 54.1 Å². The summed E-state index contributed by atoms with van der Waals surface area (Å²) in [4.78, 5) is 31.4. The summed E-state index contributed by atoms with van der Waals surface area (Å²) in [5.41, 5.74) is 2.99. The number of ether oxygens (including phenoxy) is 2. The molecule has 0 radical (unpaired) electrons. The molecule has 5 aromatic rings. The first kappa shape index (κ1) is 27.0. The molecule has 0 bridgehead atoms. The van der Waals surface area contributed by atoms with Gasteiger partial charge in [0.15, 0.2) is 22.4 Å². The third-order valence-electron chi connectivity index (χ3n) is 5.84. The number of hydrogen-bond donors (Lipinski definition) is 2. The highest BCUT2D eigenvalue weighted by molar-refractivity contribution is 8.00. The number of nitrogens with zero attached hydrogens (tertiary/aromatic N) is 1. The molecule has 2 amide bonds. The van der Waals surface area contributed by atoms with Gasteiger partial charge in [-0.15, -0.1) is 23.1 Å². The van der Waals surface area contributed by atoms with E-state index < -0.39 is 5.25 Å². The minimum atomic E-state index is -0.564. The first-order chi connectivity index (χ1) is 19.5. The molecule has 202 valence electrons. The second-order valence-electron chi connectivity index (χ2n) is 8.46. The van der Waals surface area contributed by atoms with E-state index in [0.717, 1.165) is 16.0 Å². The molecule has 0 aliphatic rings. The molecular weight excluding hydrogens is 546 g/mol. The zero-order valence-corrected chi connectivity index (χ0v) is 23.3. The van der Waals surface area contributed by atoms with Gasteiger partial charge in [-0.25, -0.2) is 4.98 Å². The fourth-order valence-corrected chi connectivity index (χ4v) is 5.72. The standard InChI is InChI=1S/C30H25N3O5S2/c1-36-24-14-13-20(16-26(24)37-2)23-18-39-30(32-23)33-29(35)27(19-8-4-3-5-9-19)40-22-11-6-10-21(17-22)31-28(34)25-12-7-15-38-25/h3-18,27H,1-2H3,(H,31,34)(H,32,33,35). The van der Waals surface area contributed by atoms with Crippen molar-refractivity contribution in [3.8, 4) is 22.8 Å². The SMILES string of the molecule is COc1ccc(-c2csc(NC(=O)C(Sc3cccc(NC(=O)c4ccco4)c3)c3ccccc3)n2)cc1OC. The van der Waals surface area contributed by atoms with Gasteiger partial charge >= 0.3 is 0 Å². The third-order valence-corrected chi connectivity index (χ3v) is 7.85. The molecule has 2 aromatic heterocycles. The Bertz CT molecular complexity index is 1600. The fraction of sp³-hybridized carbons (Fsp3) is 0.100.